The summed E-state index contributed by atoms with van der Waals surface area (Å²) >= 11 is 0. The van der Waals surface area contributed by atoms with Crippen LogP contribution in [0.5, 0.6) is 0 Å². The van der Waals surface area contributed by atoms with Gasteiger partial charge in [-0.15, -0.1) is 0 Å². The van der Waals surface area contributed by atoms with Gasteiger partial charge in [-0.1, -0.05) is 6.07 Å². The van der Waals surface area contributed by atoms with E-state index >= 15 is 0 Å². The fourth-order valence-electron chi connectivity index (χ4n) is 1.97. The lowest BCUT2D eigenvalue weighted by atomic mass is 10.1. The smallest absolute Gasteiger partial charge is 0.293 e. The summed E-state index contributed by atoms with van der Waals surface area (Å²) in [6.45, 7) is 3.29. The lowest BCUT2D eigenvalue weighted by Gasteiger charge is -2.24. The number of carbonyl (C=O) groups is 1. The Morgan fingerprint density at radius 2 is 2.37 bits per heavy atom. The third kappa shape index (κ3) is 3.27. The standard InChI is InChI=1S/C12H15N3O4/c1-8(16)14-10-3-2-9(6-11(10)15(17)18)12-7-13-4-5-19-12/h2-3,6,12-13H,4-5,7H2,1H3,(H,14,16). The zero-order valence-electron chi connectivity index (χ0n) is 10.5. The molecule has 1 amide bonds. The molecule has 0 bridgehead atoms. The van der Waals surface area contributed by atoms with Gasteiger partial charge < -0.3 is 15.4 Å². The number of anilines is 1. The summed E-state index contributed by atoms with van der Waals surface area (Å²) in [5.74, 6) is -0.341. The molecule has 0 radical (unpaired) electrons. The van der Waals surface area contributed by atoms with Crippen LogP contribution in [0.4, 0.5) is 11.4 Å². The molecule has 1 saturated heterocycles. The largest absolute Gasteiger partial charge is 0.371 e. The average molecular weight is 265 g/mol. The molecule has 1 atom stereocenters. The summed E-state index contributed by atoms with van der Waals surface area (Å²) in [4.78, 5) is 21.5. The minimum atomic E-state index is -0.509. The van der Waals surface area contributed by atoms with E-state index in [0.29, 0.717) is 13.2 Å². The van der Waals surface area contributed by atoms with Gasteiger partial charge in [0.15, 0.2) is 0 Å². The van der Waals surface area contributed by atoms with Crippen LogP contribution in [-0.4, -0.2) is 30.5 Å². The second-order valence-corrected chi connectivity index (χ2v) is 4.28. The number of amides is 1. The molecule has 1 fully saturated rings. The maximum absolute atomic E-state index is 11.0. The number of rotatable bonds is 3. The van der Waals surface area contributed by atoms with Gasteiger partial charge >= 0.3 is 0 Å². The normalized spacial score (nSPS) is 18.9. The van der Waals surface area contributed by atoms with E-state index in [1.54, 1.807) is 6.07 Å². The monoisotopic (exact) mass is 265 g/mol. The zero-order chi connectivity index (χ0) is 13.8. The number of ether oxygens (including phenoxy) is 1. The number of nitrogens with zero attached hydrogens (tertiary/aromatic N) is 1. The van der Waals surface area contributed by atoms with Gasteiger partial charge in [0.2, 0.25) is 5.91 Å². The van der Waals surface area contributed by atoms with E-state index in [2.05, 4.69) is 10.6 Å². The number of hydrogen-bond donors (Lipinski definition) is 2. The lowest BCUT2D eigenvalue weighted by Crippen LogP contribution is -2.33. The summed E-state index contributed by atoms with van der Waals surface area (Å²) in [7, 11) is 0. The fourth-order valence-corrected chi connectivity index (χ4v) is 1.97. The van der Waals surface area contributed by atoms with Gasteiger partial charge in [0.25, 0.3) is 5.69 Å². The maximum atomic E-state index is 11.0. The minimum absolute atomic E-state index is 0.123. The maximum Gasteiger partial charge on any atom is 0.293 e. The van der Waals surface area contributed by atoms with Crippen molar-refractivity contribution >= 4 is 17.3 Å². The van der Waals surface area contributed by atoms with Crippen molar-refractivity contribution in [3.05, 3.63) is 33.9 Å². The van der Waals surface area contributed by atoms with Crippen LogP contribution in [0.2, 0.25) is 0 Å². The summed E-state index contributed by atoms with van der Waals surface area (Å²) < 4.78 is 5.55. The van der Waals surface area contributed by atoms with Gasteiger partial charge in [0.05, 0.1) is 17.6 Å². The summed E-state index contributed by atoms with van der Waals surface area (Å²) in [5.41, 5.74) is 0.805. The Morgan fingerprint density at radius 1 is 1.58 bits per heavy atom. The highest BCUT2D eigenvalue weighted by Gasteiger charge is 2.21. The number of nitro groups is 1. The molecule has 1 aliphatic rings. The molecule has 102 valence electrons. The predicted molar refractivity (Wildman–Crippen MR) is 69.0 cm³/mol. The van der Waals surface area contributed by atoms with Crippen molar-refractivity contribution in [1.82, 2.24) is 5.32 Å². The van der Waals surface area contributed by atoms with Gasteiger partial charge in [-0.25, -0.2) is 0 Å². The molecule has 0 aromatic heterocycles. The number of nitro benzene ring substituents is 1. The molecule has 2 rings (SSSR count). The number of morpholine rings is 1. The number of nitrogens with one attached hydrogen (secondary N) is 2. The quantitative estimate of drug-likeness (QED) is 0.633. The van der Waals surface area contributed by atoms with Gasteiger partial charge in [0.1, 0.15) is 5.69 Å². The van der Waals surface area contributed by atoms with Crippen molar-refractivity contribution in [3.8, 4) is 0 Å². The Morgan fingerprint density at radius 3 is 2.95 bits per heavy atom. The lowest BCUT2D eigenvalue weighted by molar-refractivity contribution is -0.384. The highest BCUT2D eigenvalue weighted by molar-refractivity contribution is 5.91. The second kappa shape index (κ2) is 5.77. The van der Waals surface area contributed by atoms with Crippen LogP contribution in [0, 0.1) is 10.1 Å². The Bertz CT molecular complexity index is 498. The molecular formula is C12H15N3O4. The zero-order valence-corrected chi connectivity index (χ0v) is 10.5. The number of carbonyl (C=O) groups excluding carboxylic acids is 1. The SMILES string of the molecule is CC(=O)Nc1ccc(C2CNCCO2)cc1[N+](=O)[O-]. The first-order valence-corrected chi connectivity index (χ1v) is 5.96. The Hall–Kier alpha value is -1.99. The third-order valence-electron chi connectivity index (χ3n) is 2.83. The van der Waals surface area contributed by atoms with Gasteiger partial charge in [0, 0.05) is 26.1 Å². The molecule has 1 aromatic rings. The third-order valence-corrected chi connectivity index (χ3v) is 2.83. The van der Waals surface area contributed by atoms with Crippen molar-refractivity contribution in [2.45, 2.75) is 13.0 Å². The molecular weight excluding hydrogens is 250 g/mol. The van der Waals surface area contributed by atoms with Crippen LogP contribution in [0.25, 0.3) is 0 Å². The van der Waals surface area contributed by atoms with Gasteiger partial charge in [-0.05, 0) is 11.6 Å². The first-order valence-electron chi connectivity index (χ1n) is 5.96. The molecule has 1 aromatic carbocycles. The molecule has 19 heavy (non-hydrogen) atoms. The molecule has 2 N–H and O–H groups in total. The summed E-state index contributed by atoms with van der Waals surface area (Å²) in [5, 5.41) is 16.6. The van der Waals surface area contributed by atoms with Crippen LogP contribution in [0.3, 0.4) is 0 Å². The van der Waals surface area contributed by atoms with Gasteiger partial charge in [-0.2, -0.15) is 0 Å². The minimum Gasteiger partial charge on any atom is -0.371 e. The molecule has 0 saturated carbocycles. The van der Waals surface area contributed by atoms with E-state index < -0.39 is 4.92 Å². The summed E-state index contributed by atoms with van der Waals surface area (Å²) in [6, 6.07) is 4.71. The van der Waals surface area contributed by atoms with Crippen LogP contribution in [0.1, 0.15) is 18.6 Å². The predicted octanol–water partition coefficient (Wildman–Crippen LogP) is 1.21. The Kier molecular flexibility index (Phi) is 4.08. The highest BCUT2D eigenvalue weighted by atomic mass is 16.6. The number of benzene rings is 1. The number of hydrogen-bond acceptors (Lipinski definition) is 5. The van der Waals surface area contributed by atoms with Crippen molar-refractivity contribution in [3.63, 3.8) is 0 Å². The average Bonchev–Trinajstić information content (AvgIpc) is 2.39. The second-order valence-electron chi connectivity index (χ2n) is 4.28. The Balaban J connectivity index is 2.29. The first kappa shape index (κ1) is 13.4. The molecule has 1 aliphatic heterocycles. The van der Waals surface area contributed by atoms with Crippen LogP contribution < -0.4 is 10.6 Å². The molecule has 1 heterocycles. The van der Waals surface area contributed by atoms with Crippen molar-refractivity contribution < 1.29 is 14.5 Å². The first-order chi connectivity index (χ1) is 9.08. The van der Waals surface area contributed by atoms with E-state index in [1.165, 1.54) is 19.1 Å². The van der Waals surface area contributed by atoms with Gasteiger partial charge in [-0.3, -0.25) is 14.9 Å². The van der Waals surface area contributed by atoms with E-state index in [4.69, 9.17) is 4.74 Å². The summed E-state index contributed by atoms with van der Waals surface area (Å²) in [6.07, 6.45) is -0.196. The molecule has 0 aliphatic carbocycles. The van der Waals surface area contributed by atoms with Crippen molar-refractivity contribution in [2.24, 2.45) is 0 Å². The molecule has 0 spiro atoms. The van der Waals surface area contributed by atoms with Crippen LogP contribution in [0.15, 0.2) is 18.2 Å². The Labute approximate surface area is 110 Å². The van der Waals surface area contributed by atoms with Crippen LogP contribution in [-0.2, 0) is 9.53 Å². The van der Waals surface area contributed by atoms with E-state index in [1.807, 2.05) is 0 Å². The van der Waals surface area contributed by atoms with E-state index in [-0.39, 0.29) is 23.4 Å². The topological polar surface area (TPSA) is 93.5 Å². The molecule has 7 nitrogen and oxygen atoms in total. The molecule has 1 unspecified atom stereocenters. The highest BCUT2D eigenvalue weighted by Crippen LogP contribution is 2.29. The van der Waals surface area contributed by atoms with Crippen LogP contribution >= 0.6 is 0 Å². The van der Waals surface area contributed by atoms with E-state index in [0.717, 1.165) is 12.1 Å². The fraction of sp³-hybridized carbons (Fsp3) is 0.417. The molecule has 7 heteroatoms. The van der Waals surface area contributed by atoms with Crippen molar-refractivity contribution in [2.75, 3.05) is 25.0 Å². The van der Waals surface area contributed by atoms with E-state index in [9.17, 15) is 14.9 Å². The van der Waals surface area contributed by atoms with Crippen molar-refractivity contribution in [1.29, 1.82) is 0 Å².